The molecule has 0 unspecified atom stereocenters. The topological polar surface area (TPSA) is 63.5 Å². The van der Waals surface area contributed by atoms with Gasteiger partial charge in [0, 0.05) is 45.2 Å². The monoisotopic (exact) mass is 327 g/mol. The Kier molecular flexibility index (Phi) is 4.17. The lowest BCUT2D eigenvalue weighted by molar-refractivity contribution is -0.141. The molecule has 126 valence electrons. The van der Waals surface area contributed by atoms with Gasteiger partial charge in [0.15, 0.2) is 11.6 Å². The maximum absolute atomic E-state index is 12.4. The minimum absolute atomic E-state index is 0.140. The Labute approximate surface area is 140 Å². The molecular weight excluding hydrogens is 306 g/mol. The van der Waals surface area contributed by atoms with Gasteiger partial charge in [0.2, 0.25) is 0 Å². The molecule has 4 rings (SSSR count). The standard InChI is InChI=1S/C17H21N5O2/c23-17(14-4-3-13-24-14)22-11-9-21(10-12-22)16-6-5-15(18-19-16)20-7-1-2-8-20/h1-2,5-8,14H,3-4,9-13H2/t14-/m1/s1. The van der Waals surface area contributed by atoms with Gasteiger partial charge < -0.3 is 19.1 Å². The Bertz CT molecular complexity index is 672. The highest BCUT2D eigenvalue weighted by molar-refractivity contribution is 5.81. The molecule has 2 aliphatic rings. The number of nitrogens with zero attached hydrogens (tertiary/aromatic N) is 5. The van der Waals surface area contributed by atoms with Crippen LogP contribution >= 0.6 is 0 Å². The summed E-state index contributed by atoms with van der Waals surface area (Å²) in [5.41, 5.74) is 0. The largest absolute Gasteiger partial charge is 0.368 e. The summed E-state index contributed by atoms with van der Waals surface area (Å²) < 4.78 is 7.42. The van der Waals surface area contributed by atoms with E-state index in [9.17, 15) is 4.79 Å². The van der Waals surface area contributed by atoms with Crippen LogP contribution in [0, 0.1) is 0 Å². The Morgan fingerprint density at radius 2 is 1.75 bits per heavy atom. The van der Waals surface area contributed by atoms with Crippen LogP contribution in [0.15, 0.2) is 36.7 Å². The van der Waals surface area contributed by atoms with Crippen LogP contribution in [0.4, 0.5) is 5.82 Å². The van der Waals surface area contributed by atoms with E-state index < -0.39 is 0 Å². The summed E-state index contributed by atoms with van der Waals surface area (Å²) in [6, 6.07) is 7.87. The van der Waals surface area contributed by atoms with Gasteiger partial charge in [-0.05, 0) is 37.1 Å². The number of piperazine rings is 1. The van der Waals surface area contributed by atoms with Crippen LogP contribution in [0.5, 0.6) is 0 Å². The maximum Gasteiger partial charge on any atom is 0.251 e. The summed E-state index contributed by atoms with van der Waals surface area (Å²) in [7, 11) is 0. The summed E-state index contributed by atoms with van der Waals surface area (Å²) >= 11 is 0. The quantitative estimate of drug-likeness (QED) is 0.844. The van der Waals surface area contributed by atoms with Crippen molar-refractivity contribution in [3.8, 4) is 5.82 Å². The molecule has 1 amide bonds. The van der Waals surface area contributed by atoms with Gasteiger partial charge in [0.25, 0.3) is 5.91 Å². The summed E-state index contributed by atoms with van der Waals surface area (Å²) in [6.45, 7) is 3.67. The molecule has 0 N–H and O–H groups in total. The molecule has 7 heteroatoms. The van der Waals surface area contributed by atoms with E-state index in [1.54, 1.807) is 0 Å². The number of amides is 1. The van der Waals surface area contributed by atoms with Gasteiger partial charge in [-0.2, -0.15) is 0 Å². The third-order valence-electron chi connectivity index (χ3n) is 4.63. The predicted molar refractivity (Wildman–Crippen MR) is 89.1 cm³/mol. The third-order valence-corrected chi connectivity index (χ3v) is 4.63. The predicted octanol–water partition coefficient (Wildman–Crippen LogP) is 1.09. The van der Waals surface area contributed by atoms with E-state index >= 15 is 0 Å². The Morgan fingerprint density at radius 3 is 2.38 bits per heavy atom. The molecule has 1 atom stereocenters. The lowest BCUT2D eigenvalue weighted by Gasteiger charge is -2.36. The van der Waals surface area contributed by atoms with Gasteiger partial charge in [-0.1, -0.05) is 0 Å². The highest BCUT2D eigenvalue weighted by Crippen LogP contribution is 2.18. The van der Waals surface area contributed by atoms with Crippen molar-refractivity contribution in [1.29, 1.82) is 0 Å². The average Bonchev–Trinajstić information content (AvgIpc) is 3.35. The Balaban J connectivity index is 1.36. The van der Waals surface area contributed by atoms with E-state index in [4.69, 9.17) is 4.74 Å². The van der Waals surface area contributed by atoms with Crippen molar-refractivity contribution in [2.24, 2.45) is 0 Å². The molecule has 2 saturated heterocycles. The van der Waals surface area contributed by atoms with E-state index in [2.05, 4.69) is 15.1 Å². The lowest BCUT2D eigenvalue weighted by atomic mass is 10.2. The first-order valence-electron chi connectivity index (χ1n) is 8.44. The second-order valence-electron chi connectivity index (χ2n) is 6.15. The van der Waals surface area contributed by atoms with E-state index in [1.807, 2.05) is 46.1 Å². The van der Waals surface area contributed by atoms with E-state index in [-0.39, 0.29) is 12.0 Å². The van der Waals surface area contributed by atoms with E-state index in [1.165, 1.54) is 0 Å². The highest BCUT2D eigenvalue weighted by Gasteiger charge is 2.30. The second kappa shape index (κ2) is 6.60. The molecule has 7 nitrogen and oxygen atoms in total. The van der Waals surface area contributed by atoms with Crippen LogP contribution in [0.3, 0.4) is 0 Å². The molecule has 24 heavy (non-hydrogen) atoms. The second-order valence-corrected chi connectivity index (χ2v) is 6.15. The number of aromatic nitrogens is 3. The van der Waals surface area contributed by atoms with Crippen molar-refractivity contribution in [1.82, 2.24) is 19.7 Å². The fraction of sp³-hybridized carbons (Fsp3) is 0.471. The first-order chi connectivity index (χ1) is 11.8. The van der Waals surface area contributed by atoms with Crippen LogP contribution < -0.4 is 4.90 Å². The average molecular weight is 327 g/mol. The van der Waals surface area contributed by atoms with Crippen LogP contribution in [-0.2, 0) is 9.53 Å². The van der Waals surface area contributed by atoms with Crippen LogP contribution in [0.1, 0.15) is 12.8 Å². The minimum Gasteiger partial charge on any atom is -0.368 e. The molecular formula is C17H21N5O2. The minimum atomic E-state index is -0.225. The number of hydrogen-bond donors (Lipinski definition) is 0. The summed E-state index contributed by atoms with van der Waals surface area (Å²) in [4.78, 5) is 16.5. The molecule has 2 aromatic rings. The molecule has 0 saturated carbocycles. The molecule has 2 fully saturated rings. The number of anilines is 1. The number of carbonyl (C=O) groups is 1. The SMILES string of the molecule is O=C([C@H]1CCCO1)N1CCN(c2ccc(-n3cccc3)nn2)CC1. The van der Waals surface area contributed by atoms with Crippen LogP contribution in [0.25, 0.3) is 5.82 Å². The number of hydrogen-bond acceptors (Lipinski definition) is 5. The number of carbonyl (C=O) groups excluding carboxylic acids is 1. The van der Waals surface area contributed by atoms with Gasteiger partial charge in [0.05, 0.1) is 0 Å². The molecule has 4 heterocycles. The smallest absolute Gasteiger partial charge is 0.251 e. The Hall–Kier alpha value is -2.41. The Morgan fingerprint density at radius 1 is 1.04 bits per heavy atom. The zero-order valence-corrected chi connectivity index (χ0v) is 13.5. The number of ether oxygens (including phenoxy) is 1. The van der Waals surface area contributed by atoms with Gasteiger partial charge >= 0.3 is 0 Å². The molecule has 0 aromatic carbocycles. The zero-order chi connectivity index (χ0) is 16.4. The summed E-state index contributed by atoms with van der Waals surface area (Å²) in [5, 5.41) is 8.62. The normalized spacial score (nSPS) is 21.2. The van der Waals surface area contributed by atoms with Gasteiger partial charge in [-0.15, -0.1) is 10.2 Å². The van der Waals surface area contributed by atoms with E-state index in [0.717, 1.165) is 37.6 Å². The first kappa shape index (κ1) is 15.1. The first-order valence-corrected chi connectivity index (χ1v) is 8.44. The fourth-order valence-corrected chi connectivity index (χ4v) is 3.24. The maximum atomic E-state index is 12.4. The van der Waals surface area contributed by atoms with Gasteiger partial charge in [-0.3, -0.25) is 4.79 Å². The van der Waals surface area contributed by atoms with Crippen molar-refractivity contribution in [3.05, 3.63) is 36.7 Å². The molecule has 2 aromatic heterocycles. The molecule has 2 aliphatic heterocycles. The fourth-order valence-electron chi connectivity index (χ4n) is 3.24. The third kappa shape index (κ3) is 2.99. The van der Waals surface area contributed by atoms with Crippen molar-refractivity contribution in [2.45, 2.75) is 18.9 Å². The van der Waals surface area contributed by atoms with Gasteiger partial charge in [0.1, 0.15) is 6.10 Å². The van der Waals surface area contributed by atoms with Gasteiger partial charge in [-0.25, -0.2) is 0 Å². The summed E-state index contributed by atoms with van der Waals surface area (Å²) in [6.07, 6.45) is 5.50. The zero-order valence-electron chi connectivity index (χ0n) is 13.5. The summed E-state index contributed by atoms with van der Waals surface area (Å²) in [5.74, 6) is 1.80. The van der Waals surface area contributed by atoms with Crippen LogP contribution in [-0.4, -0.2) is 64.5 Å². The van der Waals surface area contributed by atoms with Crippen molar-refractivity contribution < 1.29 is 9.53 Å². The lowest BCUT2D eigenvalue weighted by Crippen LogP contribution is -2.51. The van der Waals surface area contributed by atoms with Crippen molar-refractivity contribution in [3.63, 3.8) is 0 Å². The number of rotatable bonds is 3. The van der Waals surface area contributed by atoms with E-state index in [0.29, 0.717) is 19.7 Å². The van der Waals surface area contributed by atoms with Crippen LogP contribution in [0.2, 0.25) is 0 Å². The highest BCUT2D eigenvalue weighted by atomic mass is 16.5. The molecule has 0 spiro atoms. The van der Waals surface area contributed by atoms with Crippen molar-refractivity contribution in [2.75, 3.05) is 37.7 Å². The molecule has 0 radical (unpaired) electrons. The molecule has 0 aliphatic carbocycles. The van der Waals surface area contributed by atoms with Crippen molar-refractivity contribution >= 4 is 11.7 Å². The molecule has 0 bridgehead atoms.